The van der Waals surface area contributed by atoms with Crippen LogP contribution >= 0.6 is 0 Å². The minimum absolute atomic E-state index is 0.0503. The Kier molecular flexibility index (Phi) is 3.21. The summed E-state index contributed by atoms with van der Waals surface area (Å²) in [6.45, 7) is 0.612. The minimum Gasteiger partial charge on any atom is -0.330 e. The van der Waals surface area contributed by atoms with Crippen LogP contribution in [0, 0.1) is 0 Å². The predicted octanol–water partition coefficient (Wildman–Crippen LogP) is 0.308. The molecule has 1 aromatic rings. The molecule has 6 heteroatoms. The molecule has 0 unspecified atom stereocenters. The monoisotopic (exact) mass is 219 g/mol. The first-order valence-corrected chi connectivity index (χ1v) is 5.16. The van der Waals surface area contributed by atoms with E-state index in [1.54, 1.807) is 12.3 Å². The topological polar surface area (TPSA) is 84.5 Å². The number of aromatic nitrogens is 2. The quantitative estimate of drug-likeness (QED) is 0.789. The molecule has 1 aliphatic rings. The predicted molar refractivity (Wildman–Crippen MR) is 59.9 cm³/mol. The molecule has 1 aromatic heterocycles. The van der Waals surface area contributed by atoms with Crippen molar-refractivity contribution >= 4 is 17.4 Å². The Balaban J connectivity index is 2.11. The fourth-order valence-corrected chi connectivity index (χ4v) is 1.51. The van der Waals surface area contributed by atoms with Crippen LogP contribution in [0.4, 0.5) is 5.82 Å². The van der Waals surface area contributed by atoms with Crippen molar-refractivity contribution in [1.82, 2.24) is 9.97 Å². The smallest absolute Gasteiger partial charge is 0.254 e. The van der Waals surface area contributed by atoms with Gasteiger partial charge in [-0.05, 0) is 19.4 Å². The number of hydrogen-bond donors (Lipinski definition) is 1. The van der Waals surface area contributed by atoms with E-state index < -0.39 is 0 Å². The molecule has 6 nitrogen and oxygen atoms in total. The molecule has 1 aliphatic heterocycles. The van der Waals surface area contributed by atoms with Crippen LogP contribution in [0.15, 0.2) is 23.7 Å². The Morgan fingerprint density at radius 1 is 1.50 bits per heavy atom. The number of hydrogen-bond acceptors (Lipinski definition) is 5. The van der Waals surface area contributed by atoms with Crippen molar-refractivity contribution in [3.63, 3.8) is 0 Å². The van der Waals surface area contributed by atoms with Gasteiger partial charge in [-0.1, -0.05) is 0 Å². The van der Waals surface area contributed by atoms with Crippen molar-refractivity contribution in [2.24, 2.45) is 10.8 Å². The summed E-state index contributed by atoms with van der Waals surface area (Å²) in [7, 11) is 0. The number of carbonyl (C=O) groups excluding carboxylic acids is 1. The van der Waals surface area contributed by atoms with Crippen molar-refractivity contribution in [1.29, 1.82) is 0 Å². The van der Waals surface area contributed by atoms with Gasteiger partial charge in [0.2, 0.25) is 0 Å². The number of nitrogens with zero attached hydrogens (tertiary/aromatic N) is 4. The number of carbonyl (C=O) groups is 1. The molecule has 0 bridgehead atoms. The summed E-state index contributed by atoms with van der Waals surface area (Å²) in [5, 5.41) is 5.56. The largest absolute Gasteiger partial charge is 0.330 e. The van der Waals surface area contributed by atoms with Gasteiger partial charge in [-0.25, -0.2) is 9.97 Å². The number of nitrogens with two attached hydrogens (primary N) is 1. The van der Waals surface area contributed by atoms with Gasteiger partial charge >= 0.3 is 0 Å². The minimum atomic E-state index is -0.0503. The van der Waals surface area contributed by atoms with E-state index in [1.807, 2.05) is 0 Å². The van der Waals surface area contributed by atoms with E-state index in [4.69, 9.17) is 5.73 Å². The molecule has 16 heavy (non-hydrogen) atoms. The summed E-state index contributed by atoms with van der Waals surface area (Å²) in [5.74, 6) is 0.466. The van der Waals surface area contributed by atoms with E-state index in [9.17, 15) is 4.79 Å². The second-order valence-electron chi connectivity index (χ2n) is 3.51. The van der Waals surface area contributed by atoms with Crippen LogP contribution in [-0.2, 0) is 4.79 Å². The van der Waals surface area contributed by atoms with Gasteiger partial charge in [0.1, 0.15) is 6.33 Å². The third-order valence-corrected chi connectivity index (χ3v) is 2.29. The molecule has 0 radical (unpaired) electrons. The highest BCUT2D eigenvalue weighted by Gasteiger charge is 2.25. The highest BCUT2D eigenvalue weighted by molar-refractivity contribution is 6.12. The van der Waals surface area contributed by atoms with Gasteiger partial charge in [-0.3, -0.25) is 4.79 Å². The average Bonchev–Trinajstić information content (AvgIpc) is 2.69. The summed E-state index contributed by atoms with van der Waals surface area (Å²) in [6, 6.07) is 1.66. The van der Waals surface area contributed by atoms with Crippen molar-refractivity contribution in [3.8, 4) is 0 Å². The first-order chi connectivity index (χ1) is 7.81. The van der Waals surface area contributed by atoms with Gasteiger partial charge in [0.05, 0.1) is 6.42 Å². The molecule has 2 N–H and O–H groups in total. The van der Waals surface area contributed by atoms with Gasteiger partial charge in [-0.15, -0.1) is 0 Å². The third kappa shape index (κ3) is 2.22. The number of rotatable bonds is 4. The summed E-state index contributed by atoms with van der Waals surface area (Å²) >= 11 is 0. The Morgan fingerprint density at radius 2 is 2.38 bits per heavy atom. The SMILES string of the molecule is NCCCC1=NN(c2ccncn2)C(=O)C1. The van der Waals surface area contributed by atoms with E-state index in [-0.39, 0.29) is 5.91 Å². The zero-order valence-corrected chi connectivity index (χ0v) is 8.83. The van der Waals surface area contributed by atoms with Crippen LogP contribution in [0.2, 0.25) is 0 Å². The fourth-order valence-electron chi connectivity index (χ4n) is 1.51. The van der Waals surface area contributed by atoms with Crippen molar-refractivity contribution in [2.45, 2.75) is 19.3 Å². The Morgan fingerprint density at radius 3 is 3.06 bits per heavy atom. The molecular formula is C10H13N5O. The Bertz CT molecular complexity index is 403. The van der Waals surface area contributed by atoms with Crippen LogP contribution in [0.3, 0.4) is 0 Å². The van der Waals surface area contributed by atoms with Crippen LogP contribution < -0.4 is 10.7 Å². The number of hydrazone groups is 1. The summed E-state index contributed by atoms with van der Waals surface area (Å²) in [6.07, 6.45) is 4.97. The molecule has 0 atom stereocenters. The lowest BCUT2D eigenvalue weighted by molar-refractivity contribution is -0.116. The third-order valence-electron chi connectivity index (χ3n) is 2.29. The maximum Gasteiger partial charge on any atom is 0.254 e. The molecule has 0 saturated carbocycles. The Hall–Kier alpha value is -1.82. The highest BCUT2D eigenvalue weighted by Crippen LogP contribution is 2.18. The molecule has 0 aliphatic carbocycles. The second kappa shape index (κ2) is 4.80. The first-order valence-electron chi connectivity index (χ1n) is 5.16. The van der Waals surface area contributed by atoms with Gasteiger partial charge in [0.25, 0.3) is 5.91 Å². The van der Waals surface area contributed by atoms with Gasteiger partial charge in [0.15, 0.2) is 5.82 Å². The average molecular weight is 219 g/mol. The summed E-state index contributed by atoms with van der Waals surface area (Å²) in [5.41, 5.74) is 6.28. The lowest BCUT2D eigenvalue weighted by Gasteiger charge is -2.08. The van der Waals surface area contributed by atoms with Crippen LogP contribution in [0.1, 0.15) is 19.3 Å². The highest BCUT2D eigenvalue weighted by atomic mass is 16.2. The second-order valence-corrected chi connectivity index (χ2v) is 3.51. The van der Waals surface area contributed by atoms with Gasteiger partial charge in [-0.2, -0.15) is 10.1 Å². The molecule has 0 fully saturated rings. The molecule has 1 amide bonds. The molecule has 84 valence electrons. The number of amides is 1. The van der Waals surface area contributed by atoms with Crippen molar-refractivity contribution in [3.05, 3.63) is 18.6 Å². The van der Waals surface area contributed by atoms with E-state index in [0.29, 0.717) is 18.8 Å². The summed E-state index contributed by atoms with van der Waals surface area (Å²) < 4.78 is 0. The molecule has 0 spiro atoms. The lowest BCUT2D eigenvalue weighted by atomic mass is 10.1. The van der Waals surface area contributed by atoms with Crippen molar-refractivity contribution < 1.29 is 4.79 Å². The molecule has 0 aromatic carbocycles. The Labute approximate surface area is 93.2 Å². The standard InChI is InChI=1S/C10H13N5O/c11-4-1-2-8-6-10(16)15(14-8)9-3-5-12-7-13-9/h3,5,7H,1-2,4,6,11H2. The van der Waals surface area contributed by atoms with Gasteiger partial charge < -0.3 is 5.73 Å². The fraction of sp³-hybridized carbons (Fsp3) is 0.400. The molecule has 0 saturated heterocycles. The zero-order chi connectivity index (χ0) is 11.4. The number of anilines is 1. The lowest BCUT2D eigenvalue weighted by Crippen LogP contribution is -2.20. The molecule has 2 rings (SSSR count). The maximum atomic E-state index is 11.7. The molecule has 2 heterocycles. The summed E-state index contributed by atoms with van der Waals surface area (Å²) in [4.78, 5) is 19.5. The first kappa shape index (κ1) is 10.7. The zero-order valence-electron chi connectivity index (χ0n) is 8.83. The van der Waals surface area contributed by atoms with E-state index in [0.717, 1.165) is 18.6 Å². The molecular weight excluding hydrogens is 206 g/mol. The van der Waals surface area contributed by atoms with Crippen LogP contribution in [0.25, 0.3) is 0 Å². The van der Waals surface area contributed by atoms with E-state index in [1.165, 1.54) is 11.3 Å². The normalized spacial score (nSPS) is 15.4. The van der Waals surface area contributed by atoms with Gasteiger partial charge in [0, 0.05) is 18.0 Å². The van der Waals surface area contributed by atoms with E-state index >= 15 is 0 Å². The van der Waals surface area contributed by atoms with Crippen LogP contribution in [0.5, 0.6) is 0 Å². The van der Waals surface area contributed by atoms with E-state index in [2.05, 4.69) is 15.1 Å². The maximum absolute atomic E-state index is 11.7. The van der Waals surface area contributed by atoms with Crippen LogP contribution in [-0.4, -0.2) is 28.1 Å². The van der Waals surface area contributed by atoms with Crippen molar-refractivity contribution in [2.75, 3.05) is 11.6 Å².